The van der Waals surface area contributed by atoms with Crippen molar-refractivity contribution in [1.82, 2.24) is 79.1 Å². The third-order valence-electron chi connectivity index (χ3n) is 19.9. The molecule has 120 heavy (non-hydrogen) atoms. The van der Waals surface area contributed by atoms with Crippen molar-refractivity contribution in [2.45, 2.75) is 262 Å². The van der Waals surface area contributed by atoms with Crippen LogP contribution in [0.1, 0.15) is 181 Å². The van der Waals surface area contributed by atoms with E-state index in [0.717, 1.165) is 0 Å². The van der Waals surface area contributed by atoms with Gasteiger partial charge in [-0.3, -0.25) is 71.9 Å². The number of aromatic hydroxyl groups is 1. The van der Waals surface area contributed by atoms with Gasteiger partial charge in [-0.05, 0) is 163 Å². The fourth-order valence-electron chi connectivity index (χ4n) is 12.8. The van der Waals surface area contributed by atoms with Crippen LogP contribution in [0.25, 0.3) is 0 Å². The number of unbranched alkanes of at least 4 members (excludes halogenated alkanes) is 4. The highest BCUT2D eigenvalue weighted by Crippen LogP contribution is 2.18. The Kier molecular flexibility index (Phi) is 48.2. The van der Waals surface area contributed by atoms with E-state index in [4.69, 9.17) is 40.1 Å². The van der Waals surface area contributed by atoms with E-state index in [2.05, 4.69) is 79.1 Å². The first-order valence-electron chi connectivity index (χ1n) is 41.4. The summed E-state index contributed by atoms with van der Waals surface area (Å²) in [5, 5.41) is 54.6. The number of hydrogen-bond donors (Lipinski definition) is 23. The van der Waals surface area contributed by atoms with E-state index in [1.54, 1.807) is 85.7 Å². The summed E-state index contributed by atoms with van der Waals surface area (Å²) < 4.78 is 0. The number of carbonyl (C=O) groups excluding carboxylic acids is 15. The average molecular weight is 1690 g/mol. The van der Waals surface area contributed by atoms with Gasteiger partial charge >= 0.3 is 0 Å². The number of hydrogen-bond acceptors (Lipinski definition) is 23. The van der Waals surface area contributed by atoms with Crippen LogP contribution in [0.15, 0.2) is 67.1 Å². The van der Waals surface area contributed by atoms with Crippen LogP contribution in [0.2, 0.25) is 0 Å². The lowest BCUT2D eigenvalue weighted by Gasteiger charge is -2.30. The summed E-state index contributed by atoms with van der Waals surface area (Å²) in [5.41, 5.74) is 41.4. The lowest BCUT2D eigenvalue weighted by atomic mass is 9.95. The summed E-state index contributed by atoms with van der Waals surface area (Å²) in [4.78, 5) is 218. The molecular formula is C81H134N22O17. The van der Waals surface area contributed by atoms with Crippen molar-refractivity contribution in [3.05, 3.63) is 83.9 Å². The molecule has 1 aromatic heterocycles. The van der Waals surface area contributed by atoms with Crippen molar-refractivity contribution in [3.8, 4) is 5.75 Å². The SMILES string of the molecule is CC[C@H](C)[C@H](NC(=O)[C@H](CC(C)C)NC(=O)[C@H](Cc1ccc(O)cc1)NC(=O)CNC(=O)[C@@H](NC(=O)[C@H](CCCCN)NC(=O)[C@H](CO)NC(=O)[C@@H](N)CCCCN)C(C)C)C(=O)N[C@@H](CCC(N)=O)C(=O)N[C@@H](CC(C)C)C(=O)N[C@@H](Cc1ccccc1)C(=O)N[C@@H](Cc1cnc[nH]1)C(=O)N[C@@H](CCCCN)C(=O)N[C@@H](CCCCN)C(N)=O. The van der Waals surface area contributed by atoms with Crippen molar-refractivity contribution >= 4 is 88.6 Å². The molecular weight excluding hydrogens is 1550 g/mol. The number of aliphatic hydroxyl groups is 1. The number of phenolic OH excluding ortho intramolecular Hbond substituents is 1. The fraction of sp³-hybridized carbons (Fsp3) is 0.630. The molecule has 0 bridgehead atoms. The second-order valence-electron chi connectivity index (χ2n) is 31.4. The number of benzene rings is 2. The first kappa shape index (κ1) is 103. The van der Waals surface area contributed by atoms with Crippen LogP contribution in [-0.2, 0) is 91.2 Å². The van der Waals surface area contributed by atoms with Crippen molar-refractivity contribution in [2.24, 2.45) is 63.8 Å². The first-order chi connectivity index (χ1) is 57.0. The fourth-order valence-corrected chi connectivity index (χ4v) is 12.8. The highest BCUT2D eigenvalue weighted by molar-refractivity contribution is 6.00. The Balaban J connectivity index is 1.95. The van der Waals surface area contributed by atoms with Gasteiger partial charge < -0.3 is 124 Å². The maximum Gasteiger partial charge on any atom is 0.245 e. The molecule has 0 aliphatic rings. The summed E-state index contributed by atoms with van der Waals surface area (Å²) in [6, 6.07) is -3.58. The normalized spacial score (nSPS) is 14.8. The number of aromatic amines is 1. The predicted molar refractivity (Wildman–Crippen MR) is 448 cm³/mol. The zero-order valence-electron chi connectivity index (χ0n) is 70.6. The van der Waals surface area contributed by atoms with Crippen molar-refractivity contribution in [2.75, 3.05) is 39.3 Å². The Morgan fingerprint density at radius 2 is 0.808 bits per heavy atom. The standard InChI is InChI=1S/C81H134N22O17/c1-9-49(8)68(103-78(117)60(38-47(4)5)98-75(114)61(40-51-27-29-53(105)30-28-51)92-66(107)43-90-80(119)67(48(6)7)102-73(112)57(26-16-20-36-85)95-79(118)64(44-104)101-70(109)54(86)23-13-17-33-82)81(120)96-58(31-32-65(87)106)72(111)97-59(37-46(2)3)74(113)99-62(39-50-21-11-10-12-22-50)76(115)100-63(41-52-42-89-45-91-52)77(116)94-56(25-15-19-35-84)71(110)93-55(69(88)108)24-14-18-34-83/h10-12,21-22,27-30,42,45-49,54-64,67-68,104-105H,9,13-20,23-26,31-41,43-44,82-86H2,1-8H3,(H2,87,106)(H2,88,108)(H,89,91)(H,90,119)(H,92,107)(H,93,110)(H,94,116)(H,95,118)(H,96,120)(H,97,111)(H,98,114)(H,99,113)(H,100,115)(H,101,109)(H,102,112)(H,103,117)/t49-,54-,55-,56-,57-,58-,59-,60-,61-,62-,63-,64-,67-,68-/m0/s1. The monoisotopic (exact) mass is 1690 g/mol. The van der Waals surface area contributed by atoms with Crippen LogP contribution in [0.5, 0.6) is 5.75 Å². The smallest absolute Gasteiger partial charge is 0.245 e. The maximum atomic E-state index is 14.9. The molecule has 0 spiro atoms. The number of nitrogens with one attached hydrogen (secondary N) is 14. The molecule has 0 saturated carbocycles. The summed E-state index contributed by atoms with van der Waals surface area (Å²) in [5.74, 6) is -14.9. The Bertz CT molecular complexity index is 3730. The first-order valence-corrected chi connectivity index (χ1v) is 41.4. The third-order valence-corrected chi connectivity index (χ3v) is 19.9. The molecule has 15 amide bonds. The van der Waals surface area contributed by atoms with Gasteiger partial charge in [-0.2, -0.15) is 0 Å². The van der Waals surface area contributed by atoms with Crippen molar-refractivity contribution < 1.29 is 82.1 Å². The van der Waals surface area contributed by atoms with Crippen LogP contribution in [0.4, 0.5) is 0 Å². The zero-order valence-corrected chi connectivity index (χ0v) is 70.6. The van der Waals surface area contributed by atoms with E-state index in [1.165, 1.54) is 36.8 Å². The Morgan fingerprint density at radius 3 is 1.27 bits per heavy atom. The van der Waals surface area contributed by atoms with Gasteiger partial charge in [-0.25, -0.2) is 4.98 Å². The number of amides is 15. The van der Waals surface area contributed by atoms with Gasteiger partial charge in [0.2, 0.25) is 88.6 Å². The molecule has 14 atom stereocenters. The van der Waals surface area contributed by atoms with Crippen LogP contribution >= 0.6 is 0 Å². The van der Waals surface area contributed by atoms with Crippen LogP contribution in [0, 0.1) is 23.7 Å². The zero-order chi connectivity index (χ0) is 89.6. The molecule has 30 N–H and O–H groups in total. The lowest BCUT2D eigenvalue weighted by Crippen LogP contribution is -2.61. The highest BCUT2D eigenvalue weighted by Gasteiger charge is 2.39. The van der Waals surface area contributed by atoms with E-state index >= 15 is 0 Å². The minimum atomic E-state index is -1.62. The molecule has 0 radical (unpaired) electrons. The van der Waals surface area contributed by atoms with Crippen LogP contribution < -0.4 is 109 Å². The largest absolute Gasteiger partial charge is 0.508 e. The maximum absolute atomic E-state index is 14.9. The topological polar surface area (TPSA) is 664 Å². The minimum Gasteiger partial charge on any atom is -0.508 e. The minimum absolute atomic E-state index is 0.0279. The number of carbonyl (C=O) groups is 15. The molecule has 2 aromatic carbocycles. The molecule has 0 aliphatic carbocycles. The number of nitrogens with two attached hydrogens (primary N) is 7. The Labute approximate surface area is 702 Å². The van der Waals surface area contributed by atoms with Gasteiger partial charge in [0.15, 0.2) is 0 Å². The number of rotatable bonds is 60. The molecule has 0 saturated heterocycles. The van der Waals surface area contributed by atoms with Crippen molar-refractivity contribution in [1.29, 1.82) is 0 Å². The number of primary amides is 2. The number of aromatic nitrogens is 2. The van der Waals surface area contributed by atoms with Gasteiger partial charge in [0, 0.05) is 37.6 Å². The van der Waals surface area contributed by atoms with Gasteiger partial charge in [-0.1, -0.05) is 111 Å². The Morgan fingerprint density at radius 1 is 0.417 bits per heavy atom. The molecule has 0 aliphatic heterocycles. The van der Waals surface area contributed by atoms with E-state index in [-0.39, 0.29) is 94.9 Å². The Hall–Kier alpha value is -10.7. The summed E-state index contributed by atoms with van der Waals surface area (Å²) >= 11 is 0. The van der Waals surface area contributed by atoms with Crippen LogP contribution in [0.3, 0.4) is 0 Å². The highest BCUT2D eigenvalue weighted by atomic mass is 16.3. The molecule has 39 nitrogen and oxygen atoms in total. The lowest BCUT2D eigenvalue weighted by molar-refractivity contribution is -0.137. The summed E-state index contributed by atoms with van der Waals surface area (Å²) in [6.45, 7) is 13.2. The number of imidazole rings is 1. The number of nitrogens with zero attached hydrogens (tertiary/aromatic N) is 1. The second-order valence-corrected chi connectivity index (χ2v) is 31.4. The van der Waals surface area contributed by atoms with Gasteiger partial charge in [0.1, 0.15) is 78.3 Å². The van der Waals surface area contributed by atoms with E-state index in [9.17, 15) is 82.1 Å². The summed E-state index contributed by atoms with van der Waals surface area (Å²) in [6.07, 6.45) is 5.80. The summed E-state index contributed by atoms with van der Waals surface area (Å²) in [7, 11) is 0. The average Bonchev–Trinajstić information content (AvgIpc) is 1.33. The van der Waals surface area contributed by atoms with E-state index in [1.807, 2.05) is 0 Å². The molecule has 3 aromatic rings. The van der Waals surface area contributed by atoms with Gasteiger partial charge in [-0.15, -0.1) is 0 Å². The van der Waals surface area contributed by atoms with Gasteiger partial charge in [0.05, 0.1) is 25.5 Å². The molecule has 1 heterocycles. The number of phenols is 1. The quantitative estimate of drug-likeness (QED) is 0.0243. The van der Waals surface area contributed by atoms with E-state index in [0.29, 0.717) is 81.3 Å². The van der Waals surface area contributed by atoms with Gasteiger partial charge in [0.25, 0.3) is 0 Å². The van der Waals surface area contributed by atoms with Crippen molar-refractivity contribution in [3.63, 3.8) is 0 Å². The number of aliphatic hydroxyl groups excluding tert-OH is 1. The van der Waals surface area contributed by atoms with E-state index < -0.39 is 205 Å². The molecule has 3 rings (SSSR count). The number of H-pyrrole nitrogens is 1. The molecule has 0 unspecified atom stereocenters. The molecule has 39 heteroatoms. The molecule has 0 fully saturated rings. The molecule has 670 valence electrons. The third kappa shape index (κ3) is 39.0. The predicted octanol–water partition coefficient (Wildman–Crippen LogP) is -3.54. The van der Waals surface area contributed by atoms with Crippen LogP contribution in [-0.4, -0.2) is 227 Å². The second kappa shape index (κ2) is 55.9.